The van der Waals surface area contributed by atoms with Crippen LogP contribution in [-0.2, 0) is 19.6 Å². The average molecular weight is 335 g/mol. The molecule has 0 fully saturated rings. The van der Waals surface area contributed by atoms with Gasteiger partial charge >= 0.3 is 0 Å². The van der Waals surface area contributed by atoms with Crippen molar-refractivity contribution in [2.45, 2.75) is 26.6 Å². The summed E-state index contributed by atoms with van der Waals surface area (Å²) in [5.41, 5.74) is 2.56. The number of aromatic nitrogens is 2. The van der Waals surface area contributed by atoms with Gasteiger partial charge in [0.25, 0.3) is 0 Å². The zero-order valence-electron chi connectivity index (χ0n) is 11.6. The van der Waals surface area contributed by atoms with Crippen molar-refractivity contribution in [2.24, 2.45) is 0 Å². The summed E-state index contributed by atoms with van der Waals surface area (Å²) in [5, 5.41) is 3.35. The Morgan fingerprint density at radius 1 is 1.35 bits per heavy atom. The van der Waals surface area contributed by atoms with E-state index < -0.39 is 0 Å². The second-order valence-electron chi connectivity index (χ2n) is 5.02. The fraction of sp³-hybridized carbons (Fsp3) is 0.400. The molecule has 0 saturated heterocycles. The Bertz CT molecular complexity index is 593. The van der Waals surface area contributed by atoms with Gasteiger partial charge in [0.1, 0.15) is 5.82 Å². The molecule has 1 aliphatic rings. The molecule has 1 aromatic heterocycles. The van der Waals surface area contributed by atoms with Gasteiger partial charge in [0, 0.05) is 36.5 Å². The van der Waals surface area contributed by atoms with Crippen LogP contribution in [0.15, 0.2) is 35.1 Å². The van der Waals surface area contributed by atoms with E-state index in [0.717, 1.165) is 43.0 Å². The molecule has 3 rings (SSSR count). The number of rotatable bonds is 4. The lowest BCUT2D eigenvalue weighted by molar-refractivity contribution is 0.559. The Kier molecular flexibility index (Phi) is 4.08. The Labute approximate surface area is 127 Å². The highest BCUT2D eigenvalue weighted by Crippen LogP contribution is 2.29. The van der Waals surface area contributed by atoms with Gasteiger partial charge in [-0.3, -0.25) is 0 Å². The number of nitrogens with one attached hydrogen (secondary N) is 1. The van der Waals surface area contributed by atoms with Gasteiger partial charge in [-0.2, -0.15) is 0 Å². The predicted octanol–water partition coefficient (Wildman–Crippen LogP) is 2.78. The highest BCUT2D eigenvalue weighted by Gasteiger charge is 2.18. The molecule has 106 valence electrons. The number of halogens is 1. The van der Waals surface area contributed by atoms with E-state index in [2.05, 4.69) is 67.0 Å². The molecule has 0 bridgehead atoms. The summed E-state index contributed by atoms with van der Waals surface area (Å²) in [4.78, 5) is 6.79. The van der Waals surface area contributed by atoms with E-state index in [1.807, 2.05) is 6.20 Å². The molecule has 1 aromatic carbocycles. The first-order valence-electron chi connectivity index (χ1n) is 7.02. The van der Waals surface area contributed by atoms with Gasteiger partial charge in [-0.1, -0.05) is 13.0 Å². The summed E-state index contributed by atoms with van der Waals surface area (Å²) in [5.74, 6) is 1.14. The molecule has 0 unspecified atom stereocenters. The molecule has 4 nitrogen and oxygen atoms in total. The van der Waals surface area contributed by atoms with E-state index >= 15 is 0 Å². The molecule has 0 spiro atoms. The monoisotopic (exact) mass is 334 g/mol. The maximum absolute atomic E-state index is 4.42. The Balaban J connectivity index is 1.78. The average Bonchev–Trinajstić information content (AvgIpc) is 2.92. The summed E-state index contributed by atoms with van der Waals surface area (Å²) in [7, 11) is 0. The third kappa shape index (κ3) is 2.74. The summed E-state index contributed by atoms with van der Waals surface area (Å²) in [6.45, 7) is 6.93. The first-order chi connectivity index (χ1) is 9.78. The van der Waals surface area contributed by atoms with E-state index in [1.54, 1.807) is 0 Å². The molecular weight excluding hydrogens is 316 g/mol. The Morgan fingerprint density at radius 3 is 3.05 bits per heavy atom. The van der Waals surface area contributed by atoms with Crippen molar-refractivity contribution < 1.29 is 0 Å². The maximum Gasteiger partial charge on any atom is 0.128 e. The van der Waals surface area contributed by atoms with Crippen LogP contribution < -0.4 is 10.2 Å². The molecule has 0 amide bonds. The van der Waals surface area contributed by atoms with Crippen molar-refractivity contribution in [3.05, 3.63) is 46.5 Å². The number of anilines is 1. The minimum absolute atomic E-state index is 0.873. The zero-order chi connectivity index (χ0) is 13.9. The van der Waals surface area contributed by atoms with Gasteiger partial charge in [-0.05, 0) is 40.2 Å². The van der Waals surface area contributed by atoms with Crippen molar-refractivity contribution >= 4 is 21.6 Å². The summed E-state index contributed by atoms with van der Waals surface area (Å²) in [6, 6.07) is 6.61. The Hall–Kier alpha value is -1.33. The standard InChI is InChI=1S/C15H19BrN4/c1-2-17-10-12-3-4-14(13(16)9-12)20-8-7-19-6-5-18-15(19)11-20/h3-6,9,17H,2,7-8,10-11H2,1H3. The van der Waals surface area contributed by atoms with E-state index in [-0.39, 0.29) is 0 Å². The van der Waals surface area contributed by atoms with Crippen LogP contribution in [0, 0.1) is 0 Å². The highest BCUT2D eigenvalue weighted by molar-refractivity contribution is 9.10. The van der Waals surface area contributed by atoms with Gasteiger partial charge < -0.3 is 14.8 Å². The second-order valence-corrected chi connectivity index (χ2v) is 5.88. The molecule has 0 atom stereocenters. The molecule has 1 aliphatic heterocycles. The molecule has 0 aliphatic carbocycles. The van der Waals surface area contributed by atoms with Crippen LogP contribution in [0.2, 0.25) is 0 Å². The maximum atomic E-state index is 4.42. The number of imidazole rings is 1. The van der Waals surface area contributed by atoms with E-state index in [1.165, 1.54) is 11.3 Å². The molecule has 0 radical (unpaired) electrons. The molecule has 5 heteroatoms. The number of hydrogen-bond donors (Lipinski definition) is 1. The summed E-state index contributed by atoms with van der Waals surface area (Å²) in [6.07, 6.45) is 3.94. The van der Waals surface area contributed by atoms with Crippen molar-refractivity contribution in [3.8, 4) is 0 Å². The van der Waals surface area contributed by atoms with Crippen LogP contribution in [-0.4, -0.2) is 22.6 Å². The van der Waals surface area contributed by atoms with Crippen LogP contribution in [0.4, 0.5) is 5.69 Å². The minimum atomic E-state index is 0.873. The van der Waals surface area contributed by atoms with Crippen molar-refractivity contribution in [3.63, 3.8) is 0 Å². The van der Waals surface area contributed by atoms with Gasteiger partial charge in [-0.25, -0.2) is 4.98 Å². The summed E-state index contributed by atoms with van der Waals surface area (Å²) >= 11 is 3.71. The quantitative estimate of drug-likeness (QED) is 0.933. The van der Waals surface area contributed by atoms with E-state index in [0.29, 0.717) is 0 Å². The Morgan fingerprint density at radius 2 is 2.25 bits per heavy atom. The largest absolute Gasteiger partial charge is 0.361 e. The molecule has 0 saturated carbocycles. The SMILES string of the molecule is CCNCc1ccc(N2CCn3ccnc3C2)c(Br)c1. The van der Waals surface area contributed by atoms with Crippen molar-refractivity contribution in [1.82, 2.24) is 14.9 Å². The normalized spacial score (nSPS) is 14.4. The fourth-order valence-corrected chi connectivity index (χ4v) is 3.24. The smallest absolute Gasteiger partial charge is 0.128 e. The minimum Gasteiger partial charge on any atom is -0.361 e. The van der Waals surface area contributed by atoms with Crippen LogP contribution in [0.25, 0.3) is 0 Å². The topological polar surface area (TPSA) is 33.1 Å². The van der Waals surface area contributed by atoms with Gasteiger partial charge in [-0.15, -0.1) is 0 Å². The van der Waals surface area contributed by atoms with Crippen LogP contribution >= 0.6 is 15.9 Å². The van der Waals surface area contributed by atoms with E-state index in [4.69, 9.17) is 0 Å². The lowest BCUT2D eigenvalue weighted by atomic mass is 10.2. The highest BCUT2D eigenvalue weighted by atomic mass is 79.9. The molecule has 1 N–H and O–H groups in total. The lowest BCUT2D eigenvalue weighted by Gasteiger charge is -2.30. The van der Waals surface area contributed by atoms with Gasteiger partial charge in [0.2, 0.25) is 0 Å². The van der Waals surface area contributed by atoms with Crippen LogP contribution in [0.1, 0.15) is 18.3 Å². The zero-order valence-corrected chi connectivity index (χ0v) is 13.2. The van der Waals surface area contributed by atoms with Gasteiger partial charge in [0.05, 0.1) is 12.2 Å². The van der Waals surface area contributed by atoms with Crippen molar-refractivity contribution in [1.29, 1.82) is 0 Å². The first kappa shape index (κ1) is 13.6. The number of benzene rings is 1. The molecule has 20 heavy (non-hydrogen) atoms. The molecule has 2 aromatic rings. The van der Waals surface area contributed by atoms with E-state index in [9.17, 15) is 0 Å². The third-order valence-corrected chi connectivity index (χ3v) is 4.31. The predicted molar refractivity (Wildman–Crippen MR) is 84.8 cm³/mol. The fourth-order valence-electron chi connectivity index (χ4n) is 2.57. The van der Waals surface area contributed by atoms with Crippen LogP contribution in [0.3, 0.4) is 0 Å². The summed E-state index contributed by atoms with van der Waals surface area (Å²) < 4.78 is 3.39. The van der Waals surface area contributed by atoms with Crippen LogP contribution in [0.5, 0.6) is 0 Å². The number of nitrogens with zero attached hydrogens (tertiary/aromatic N) is 3. The molecular formula is C15H19BrN4. The second kappa shape index (κ2) is 5.97. The number of hydrogen-bond acceptors (Lipinski definition) is 3. The third-order valence-electron chi connectivity index (χ3n) is 3.68. The number of fused-ring (bicyclic) bond motifs is 1. The lowest BCUT2D eigenvalue weighted by Crippen LogP contribution is -2.33. The first-order valence-corrected chi connectivity index (χ1v) is 7.81. The molecule has 2 heterocycles. The van der Waals surface area contributed by atoms with Gasteiger partial charge in [0.15, 0.2) is 0 Å². The van der Waals surface area contributed by atoms with Crippen molar-refractivity contribution in [2.75, 3.05) is 18.0 Å².